The summed E-state index contributed by atoms with van der Waals surface area (Å²) in [6, 6.07) is 9.07. The molecule has 0 spiro atoms. The summed E-state index contributed by atoms with van der Waals surface area (Å²) in [4.78, 5) is 40.4. The zero-order valence-electron chi connectivity index (χ0n) is 20.1. The molecule has 2 aliphatic heterocycles. The second-order valence-corrected chi connectivity index (χ2v) is 8.79. The van der Waals surface area contributed by atoms with Gasteiger partial charge in [0.25, 0.3) is 11.6 Å². The standard InChI is InChI=1S/C23H26N6O7S/c1-35-21-5-2-16(14-20(21)29(33)34)22(30)24-23(37)27-8-6-25(7-9-27)17-3-4-18(28(31)32)19(15-17)26-10-12-36-13-11-26/h2-5,14-15H,6-13H2,1H3,(H,24,30,37). The van der Waals surface area contributed by atoms with Crippen molar-refractivity contribution in [1.82, 2.24) is 10.2 Å². The first kappa shape index (κ1) is 26.0. The summed E-state index contributed by atoms with van der Waals surface area (Å²) >= 11 is 5.41. The summed E-state index contributed by atoms with van der Waals surface area (Å²) in [6.07, 6.45) is 0. The SMILES string of the molecule is COc1ccc(C(=O)NC(=S)N2CCN(c3ccc([N+](=O)[O-])c(N4CCOCC4)c3)CC2)cc1[N+](=O)[O-]. The maximum absolute atomic E-state index is 12.7. The first-order valence-electron chi connectivity index (χ1n) is 11.6. The third-order valence-electron chi connectivity index (χ3n) is 6.30. The number of amides is 1. The number of carbonyl (C=O) groups excluding carboxylic acids is 1. The Kier molecular flexibility index (Phi) is 7.98. The highest BCUT2D eigenvalue weighted by atomic mass is 32.1. The number of piperazine rings is 1. The zero-order chi connectivity index (χ0) is 26.5. The van der Waals surface area contributed by atoms with Gasteiger partial charge in [-0.25, -0.2) is 0 Å². The van der Waals surface area contributed by atoms with Crippen molar-refractivity contribution in [2.24, 2.45) is 0 Å². The molecule has 0 atom stereocenters. The Hall–Kier alpha value is -4.04. The predicted octanol–water partition coefficient (Wildman–Crippen LogP) is 2.19. The lowest BCUT2D eigenvalue weighted by Crippen LogP contribution is -2.52. The number of hydrogen-bond donors (Lipinski definition) is 1. The van der Waals surface area contributed by atoms with Crippen molar-refractivity contribution in [2.45, 2.75) is 0 Å². The van der Waals surface area contributed by atoms with E-state index in [0.29, 0.717) is 58.2 Å². The van der Waals surface area contributed by atoms with Crippen LogP contribution in [0.2, 0.25) is 0 Å². The molecule has 1 amide bonds. The van der Waals surface area contributed by atoms with Crippen LogP contribution in [0, 0.1) is 20.2 Å². The van der Waals surface area contributed by atoms with Gasteiger partial charge in [-0.15, -0.1) is 0 Å². The first-order valence-corrected chi connectivity index (χ1v) is 12.0. The van der Waals surface area contributed by atoms with Gasteiger partial charge in [0.15, 0.2) is 10.9 Å². The maximum Gasteiger partial charge on any atom is 0.311 e. The number of methoxy groups -OCH3 is 1. The minimum Gasteiger partial charge on any atom is -0.490 e. The lowest BCUT2D eigenvalue weighted by molar-refractivity contribution is -0.385. The van der Waals surface area contributed by atoms with Crippen molar-refractivity contribution in [3.63, 3.8) is 0 Å². The molecule has 0 unspecified atom stereocenters. The van der Waals surface area contributed by atoms with Crippen molar-refractivity contribution in [3.8, 4) is 5.75 Å². The monoisotopic (exact) mass is 530 g/mol. The molecule has 0 saturated carbocycles. The normalized spacial score (nSPS) is 15.8. The molecule has 14 heteroatoms. The van der Waals surface area contributed by atoms with Crippen LogP contribution in [0.1, 0.15) is 10.4 Å². The smallest absolute Gasteiger partial charge is 0.311 e. The number of benzene rings is 2. The van der Waals surface area contributed by atoms with E-state index in [4.69, 9.17) is 21.7 Å². The van der Waals surface area contributed by atoms with E-state index in [1.54, 1.807) is 6.07 Å². The van der Waals surface area contributed by atoms with E-state index in [-0.39, 0.29) is 32.7 Å². The van der Waals surface area contributed by atoms with Crippen LogP contribution in [-0.4, -0.2) is 85.4 Å². The lowest BCUT2D eigenvalue weighted by Gasteiger charge is -2.37. The summed E-state index contributed by atoms with van der Waals surface area (Å²) in [5.41, 5.74) is 1.29. The summed E-state index contributed by atoms with van der Waals surface area (Å²) < 4.78 is 10.4. The number of nitro groups is 2. The molecule has 2 heterocycles. The molecular formula is C23H26N6O7S. The topological polar surface area (TPSA) is 144 Å². The number of nitrogens with zero attached hydrogens (tertiary/aromatic N) is 5. The van der Waals surface area contributed by atoms with E-state index in [1.807, 2.05) is 15.9 Å². The summed E-state index contributed by atoms with van der Waals surface area (Å²) in [5, 5.41) is 25.7. The molecule has 13 nitrogen and oxygen atoms in total. The second kappa shape index (κ2) is 11.3. The zero-order valence-corrected chi connectivity index (χ0v) is 20.9. The minimum absolute atomic E-state index is 0.0586. The molecule has 196 valence electrons. The van der Waals surface area contributed by atoms with E-state index in [9.17, 15) is 25.0 Å². The van der Waals surface area contributed by atoms with Crippen LogP contribution in [0.5, 0.6) is 5.75 Å². The number of nitro benzene ring substituents is 2. The Bertz CT molecular complexity index is 1210. The van der Waals surface area contributed by atoms with Crippen LogP contribution in [0.4, 0.5) is 22.7 Å². The highest BCUT2D eigenvalue weighted by Gasteiger charge is 2.26. The lowest BCUT2D eigenvalue weighted by atomic mass is 10.1. The van der Waals surface area contributed by atoms with Gasteiger partial charge >= 0.3 is 5.69 Å². The molecule has 4 rings (SSSR count). The first-order chi connectivity index (χ1) is 17.8. The Labute approximate surface area is 217 Å². The molecule has 2 aliphatic rings. The number of nitrogens with one attached hydrogen (secondary N) is 1. The predicted molar refractivity (Wildman–Crippen MR) is 140 cm³/mol. The van der Waals surface area contributed by atoms with Gasteiger partial charge in [-0.3, -0.25) is 30.3 Å². The van der Waals surface area contributed by atoms with Crippen molar-refractivity contribution in [2.75, 3.05) is 69.4 Å². The molecule has 0 aliphatic carbocycles. The number of carbonyl (C=O) groups is 1. The van der Waals surface area contributed by atoms with Crippen molar-refractivity contribution in [1.29, 1.82) is 0 Å². The van der Waals surface area contributed by atoms with Gasteiger partial charge in [0.1, 0.15) is 5.69 Å². The second-order valence-electron chi connectivity index (χ2n) is 8.41. The van der Waals surface area contributed by atoms with Gasteiger partial charge in [0, 0.05) is 62.7 Å². The largest absolute Gasteiger partial charge is 0.490 e. The molecule has 0 radical (unpaired) electrons. The van der Waals surface area contributed by atoms with E-state index in [1.165, 1.54) is 25.3 Å². The molecule has 2 fully saturated rings. The molecule has 2 aromatic carbocycles. The fourth-order valence-corrected chi connectivity index (χ4v) is 4.59. The Morgan fingerprint density at radius 1 is 0.946 bits per heavy atom. The Morgan fingerprint density at radius 3 is 2.24 bits per heavy atom. The van der Waals surface area contributed by atoms with Gasteiger partial charge in [0.2, 0.25) is 0 Å². The minimum atomic E-state index is -0.615. The van der Waals surface area contributed by atoms with E-state index in [2.05, 4.69) is 10.2 Å². The number of rotatable bonds is 6. The third kappa shape index (κ3) is 5.86. The molecular weight excluding hydrogens is 504 g/mol. The average molecular weight is 531 g/mol. The molecule has 2 saturated heterocycles. The number of morpholine rings is 1. The van der Waals surface area contributed by atoms with Crippen molar-refractivity contribution < 1.29 is 24.1 Å². The van der Waals surface area contributed by atoms with Gasteiger partial charge in [-0.2, -0.15) is 0 Å². The van der Waals surface area contributed by atoms with E-state index in [0.717, 1.165) is 11.8 Å². The molecule has 0 bridgehead atoms. The number of thiocarbonyl (C=S) groups is 1. The summed E-state index contributed by atoms with van der Waals surface area (Å²) in [7, 11) is 1.32. The fraction of sp³-hybridized carbons (Fsp3) is 0.391. The molecule has 37 heavy (non-hydrogen) atoms. The highest BCUT2D eigenvalue weighted by molar-refractivity contribution is 7.80. The van der Waals surface area contributed by atoms with Crippen molar-refractivity contribution >= 4 is 46.0 Å². The molecule has 1 N–H and O–H groups in total. The van der Waals surface area contributed by atoms with Gasteiger partial charge in [-0.05, 0) is 36.5 Å². The van der Waals surface area contributed by atoms with E-state index >= 15 is 0 Å². The maximum atomic E-state index is 12.7. The quantitative estimate of drug-likeness (QED) is 0.333. The number of ether oxygens (including phenoxy) is 2. The Balaban J connectivity index is 1.39. The van der Waals surface area contributed by atoms with E-state index < -0.39 is 10.8 Å². The van der Waals surface area contributed by atoms with Crippen LogP contribution >= 0.6 is 12.2 Å². The van der Waals surface area contributed by atoms with Crippen LogP contribution < -0.4 is 19.9 Å². The number of hydrogen-bond acceptors (Lipinski definition) is 10. The van der Waals surface area contributed by atoms with Gasteiger partial charge in [0.05, 0.1) is 30.2 Å². The van der Waals surface area contributed by atoms with Crippen LogP contribution in [0.15, 0.2) is 36.4 Å². The molecule has 0 aromatic heterocycles. The molecule has 2 aromatic rings. The van der Waals surface area contributed by atoms with Crippen LogP contribution in [0.25, 0.3) is 0 Å². The summed E-state index contributed by atoms with van der Waals surface area (Å²) in [6.45, 7) is 4.43. The Morgan fingerprint density at radius 2 is 1.62 bits per heavy atom. The van der Waals surface area contributed by atoms with Gasteiger partial charge < -0.3 is 24.2 Å². The van der Waals surface area contributed by atoms with Crippen LogP contribution in [0.3, 0.4) is 0 Å². The average Bonchev–Trinajstić information content (AvgIpc) is 2.92. The van der Waals surface area contributed by atoms with Gasteiger partial charge in [-0.1, -0.05) is 0 Å². The van der Waals surface area contributed by atoms with Crippen molar-refractivity contribution in [3.05, 3.63) is 62.2 Å². The van der Waals surface area contributed by atoms with Crippen LogP contribution in [-0.2, 0) is 4.74 Å². The summed E-state index contributed by atoms with van der Waals surface area (Å²) in [5.74, 6) is -0.494. The third-order valence-corrected chi connectivity index (χ3v) is 6.66. The number of anilines is 2. The fourth-order valence-electron chi connectivity index (χ4n) is 4.31. The highest BCUT2D eigenvalue weighted by Crippen LogP contribution is 2.33.